The molecular weight excluding hydrogens is 342 g/mol. The Morgan fingerprint density at radius 1 is 1.16 bits per heavy atom. The van der Waals surface area contributed by atoms with Crippen LogP contribution in [0.25, 0.3) is 0 Å². The highest BCUT2D eigenvalue weighted by Gasteiger charge is 2.48. The summed E-state index contributed by atoms with van der Waals surface area (Å²) in [6, 6.07) is 7.23. The SMILES string of the molecule is COC1(C(=O)N2C[C@@H](C(=O)O)[C@H](c3ccc(Cl)cc3)C2)CCCCC1. The highest BCUT2D eigenvalue weighted by molar-refractivity contribution is 6.30. The molecule has 0 aromatic heterocycles. The molecule has 136 valence electrons. The maximum absolute atomic E-state index is 13.1. The van der Waals surface area contributed by atoms with E-state index in [-0.39, 0.29) is 18.4 Å². The predicted octanol–water partition coefficient (Wildman–Crippen LogP) is 3.32. The smallest absolute Gasteiger partial charge is 0.308 e. The molecule has 2 aliphatic rings. The lowest BCUT2D eigenvalue weighted by atomic mass is 9.83. The van der Waals surface area contributed by atoms with Crippen LogP contribution in [0.5, 0.6) is 0 Å². The molecule has 1 aliphatic heterocycles. The van der Waals surface area contributed by atoms with Gasteiger partial charge in [-0.15, -0.1) is 0 Å². The van der Waals surface area contributed by atoms with E-state index in [1.165, 1.54) is 0 Å². The molecule has 1 aromatic carbocycles. The van der Waals surface area contributed by atoms with Gasteiger partial charge in [0.1, 0.15) is 5.60 Å². The monoisotopic (exact) mass is 365 g/mol. The van der Waals surface area contributed by atoms with Crippen molar-refractivity contribution >= 4 is 23.5 Å². The zero-order valence-corrected chi connectivity index (χ0v) is 15.2. The summed E-state index contributed by atoms with van der Waals surface area (Å²) in [5.41, 5.74) is 0.123. The molecule has 1 N–H and O–H groups in total. The zero-order valence-electron chi connectivity index (χ0n) is 14.4. The third-order valence-corrected chi connectivity index (χ3v) is 5.92. The number of carboxylic acid groups (broad SMARTS) is 1. The number of benzene rings is 1. The van der Waals surface area contributed by atoms with Gasteiger partial charge in [-0.1, -0.05) is 43.0 Å². The summed E-state index contributed by atoms with van der Waals surface area (Å²) in [4.78, 5) is 26.6. The summed E-state index contributed by atoms with van der Waals surface area (Å²) in [6.45, 7) is 0.634. The summed E-state index contributed by atoms with van der Waals surface area (Å²) in [7, 11) is 1.59. The number of carboxylic acids is 1. The van der Waals surface area contributed by atoms with Crippen LogP contribution in [0.4, 0.5) is 0 Å². The van der Waals surface area contributed by atoms with Crippen LogP contribution < -0.4 is 0 Å². The highest BCUT2D eigenvalue weighted by Crippen LogP contribution is 2.38. The molecule has 0 unspecified atom stereocenters. The molecular formula is C19H24ClNO4. The topological polar surface area (TPSA) is 66.8 Å². The van der Waals surface area contributed by atoms with Crippen LogP contribution in [-0.4, -0.2) is 47.7 Å². The molecule has 6 heteroatoms. The van der Waals surface area contributed by atoms with Crippen LogP contribution in [0.1, 0.15) is 43.6 Å². The number of aliphatic carboxylic acids is 1. The first-order valence-corrected chi connectivity index (χ1v) is 9.17. The van der Waals surface area contributed by atoms with Gasteiger partial charge in [-0.05, 0) is 30.5 Å². The molecule has 0 spiro atoms. The third-order valence-electron chi connectivity index (χ3n) is 5.66. The maximum atomic E-state index is 13.1. The number of hydrogen-bond donors (Lipinski definition) is 1. The average Bonchev–Trinajstić information content (AvgIpc) is 3.08. The van der Waals surface area contributed by atoms with Crippen molar-refractivity contribution in [2.75, 3.05) is 20.2 Å². The molecule has 1 aliphatic carbocycles. The molecule has 1 saturated heterocycles. The first-order valence-electron chi connectivity index (χ1n) is 8.79. The van der Waals surface area contributed by atoms with E-state index in [0.29, 0.717) is 24.4 Å². The Morgan fingerprint density at radius 3 is 2.36 bits per heavy atom. The molecule has 5 nitrogen and oxygen atoms in total. The number of hydrogen-bond acceptors (Lipinski definition) is 3. The highest BCUT2D eigenvalue weighted by atomic mass is 35.5. The maximum Gasteiger partial charge on any atom is 0.308 e. The summed E-state index contributed by atoms with van der Waals surface area (Å²) < 4.78 is 5.65. The van der Waals surface area contributed by atoms with Crippen molar-refractivity contribution in [1.82, 2.24) is 4.90 Å². The Morgan fingerprint density at radius 2 is 1.80 bits per heavy atom. The number of carbonyl (C=O) groups excluding carboxylic acids is 1. The van der Waals surface area contributed by atoms with Gasteiger partial charge in [0.25, 0.3) is 5.91 Å². The van der Waals surface area contributed by atoms with Crippen LogP contribution in [-0.2, 0) is 14.3 Å². The number of likely N-dealkylation sites (tertiary alicyclic amines) is 1. The van der Waals surface area contributed by atoms with Crippen LogP contribution in [0, 0.1) is 5.92 Å². The second-order valence-corrected chi connectivity index (χ2v) is 7.51. The fourth-order valence-electron chi connectivity index (χ4n) is 4.18. The van der Waals surface area contributed by atoms with E-state index in [4.69, 9.17) is 16.3 Å². The van der Waals surface area contributed by atoms with Gasteiger partial charge in [0, 0.05) is 31.1 Å². The van der Waals surface area contributed by atoms with Crippen molar-refractivity contribution in [3.8, 4) is 0 Å². The molecule has 3 rings (SSSR count). The Kier molecular flexibility index (Phi) is 5.35. The van der Waals surface area contributed by atoms with Crippen molar-refractivity contribution in [2.24, 2.45) is 5.92 Å². The van der Waals surface area contributed by atoms with E-state index in [0.717, 1.165) is 24.8 Å². The van der Waals surface area contributed by atoms with Crippen molar-refractivity contribution in [3.05, 3.63) is 34.9 Å². The van der Waals surface area contributed by atoms with Crippen molar-refractivity contribution in [1.29, 1.82) is 0 Å². The fourth-order valence-corrected chi connectivity index (χ4v) is 4.31. The third kappa shape index (κ3) is 3.53. The Hall–Kier alpha value is -1.59. The first kappa shape index (κ1) is 18.2. The minimum atomic E-state index is -0.870. The minimum absolute atomic E-state index is 0.0580. The van der Waals surface area contributed by atoms with Crippen LogP contribution >= 0.6 is 11.6 Å². The minimum Gasteiger partial charge on any atom is -0.481 e. The van der Waals surface area contributed by atoms with Gasteiger partial charge in [0.15, 0.2) is 0 Å². The van der Waals surface area contributed by atoms with Crippen molar-refractivity contribution in [3.63, 3.8) is 0 Å². The number of ether oxygens (including phenoxy) is 1. The van der Waals surface area contributed by atoms with Crippen molar-refractivity contribution in [2.45, 2.75) is 43.6 Å². The van der Waals surface area contributed by atoms with Gasteiger partial charge in [-0.3, -0.25) is 9.59 Å². The standard InChI is InChI=1S/C19H24ClNO4/c1-25-19(9-3-2-4-10-19)18(24)21-11-15(16(12-21)17(22)23)13-5-7-14(20)8-6-13/h5-8,15-16H,2-4,9-12H2,1H3,(H,22,23)/t15-,16+/m0/s1. The van der Waals surface area contributed by atoms with E-state index >= 15 is 0 Å². The number of methoxy groups -OCH3 is 1. The first-order chi connectivity index (χ1) is 12.0. The zero-order chi connectivity index (χ0) is 18.0. The van der Waals surface area contributed by atoms with Gasteiger partial charge in [0.05, 0.1) is 5.92 Å². The summed E-state index contributed by atoms with van der Waals surface area (Å²) in [5, 5.41) is 10.2. The number of halogens is 1. The van der Waals surface area contributed by atoms with Gasteiger partial charge < -0.3 is 14.7 Å². The largest absolute Gasteiger partial charge is 0.481 e. The number of nitrogens with zero attached hydrogens (tertiary/aromatic N) is 1. The van der Waals surface area contributed by atoms with Crippen LogP contribution in [0.2, 0.25) is 5.02 Å². The number of carbonyl (C=O) groups is 2. The lowest BCUT2D eigenvalue weighted by molar-refractivity contribution is -0.158. The molecule has 1 saturated carbocycles. The fraction of sp³-hybridized carbons (Fsp3) is 0.579. The van der Waals surface area contributed by atoms with E-state index in [2.05, 4.69) is 0 Å². The Labute approximate surface area is 152 Å². The molecule has 0 bridgehead atoms. The summed E-state index contributed by atoms with van der Waals surface area (Å²) in [6.07, 6.45) is 4.47. The van der Waals surface area contributed by atoms with Crippen LogP contribution in [0.3, 0.4) is 0 Å². The van der Waals surface area contributed by atoms with E-state index in [1.807, 2.05) is 12.1 Å². The van der Waals surface area contributed by atoms with Gasteiger partial charge in [-0.2, -0.15) is 0 Å². The second kappa shape index (κ2) is 7.34. The molecule has 2 atom stereocenters. The Balaban J connectivity index is 1.83. The van der Waals surface area contributed by atoms with Gasteiger partial charge >= 0.3 is 5.97 Å². The second-order valence-electron chi connectivity index (χ2n) is 7.07. The molecule has 1 heterocycles. The number of rotatable bonds is 4. The summed E-state index contributed by atoms with van der Waals surface area (Å²) in [5.74, 6) is -1.76. The molecule has 1 amide bonds. The van der Waals surface area contributed by atoms with E-state index in [1.54, 1.807) is 24.1 Å². The quantitative estimate of drug-likeness (QED) is 0.888. The summed E-state index contributed by atoms with van der Waals surface area (Å²) >= 11 is 5.94. The number of amides is 1. The molecule has 2 fully saturated rings. The van der Waals surface area contributed by atoms with Crippen molar-refractivity contribution < 1.29 is 19.4 Å². The lowest BCUT2D eigenvalue weighted by Crippen LogP contribution is -2.51. The van der Waals surface area contributed by atoms with E-state index in [9.17, 15) is 14.7 Å². The normalized spacial score (nSPS) is 25.8. The molecule has 0 radical (unpaired) electrons. The van der Waals surface area contributed by atoms with Gasteiger partial charge in [0.2, 0.25) is 0 Å². The van der Waals surface area contributed by atoms with Gasteiger partial charge in [-0.25, -0.2) is 0 Å². The Bertz CT molecular complexity index is 639. The molecule has 1 aromatic rings. The average molecular weight is 366 g/mol. The predicted molar refractivity (Wildman–Crippen MR) is 94.7 cm³/mol. The molecule has 25 heavy (non-hydrogen) atoms. The van der Waals surface area contributed by atoms with E-state index < -0.39 is 17.5 Å². The lowest BCUT2D eigenvalue weighted by Gasteiger charge is -2.37. The van der Waals surface area contributed by atoms with Crippen LogP contribution in [0.15, 0.2) is 24.3 Å².